The minimum atomic E-state index is -0.132. The Morgan fingerprint density at radius 3 is 2.45 bits per heavy atom. The van der Waals surface area contributed by atoms with Crippen LogP contribution in [-0.4, -0.2) is 48.6 Å². The predicted octanol–water partition coefficient (Wildman–Crippen LogP) is 2.89. The average Bonchev–Trinajstić information content (AvgIpc) is 2.67. The quantitative estimate of drug-likeness (QED) is 0.589. The van der Waals surface area contributed by atoms with Gasteiger partial charge in [0.15, 0.2) is 16.6 Å². The number of hydrogen-bond acceptors (Lipinski definition) is 4. The van der Waals surface area contributed by atoms with Gasteiger partial charge >= 0.3 is 0 Å². The van der Waals surface area contributed by atoms with Crippen LogP contribution in [0.1, 0.15) is 12.5 Å². The summed E-state index contributed by atoms with van der Waals surface area (Å²) in [6.07, 6.45) is 1.78. The van der Waals surface area contributed by atoms with Crippen molar-refractivity contribution in [3.8, 4) is 11.5 Å². The molecule has 1 aromatic rings. The normalized spacial score (nSPS) is 16.7. The number of benzene rings is 1. The second-order valence-corrected chi connectivity index (χ2v) is 5.91. The first-order valence-electron chi connectivity index (χ1n) is 6.68. The van der Waals surface area contributed by atoms with Crippen LogP contribution in [0.15, 0.2) is 22.3 Å². The molecule has 7 heteroatoms. The summed E-state index contributed by atoms with van der Waals surface area (Å²) in [4.78, 5) is 15.4. The smallest absolute Gasteiger partial charge is 0.276 e. The largest absolute Gasteiger partial charge is 0.493 e. The standard InChI is InChI=1S/C15H17BrN2O3S/c1-5-21-13-8-10(16)9(7-12(13)20-4)6-11-14(19)18(3)15(22)17(11)2/h6-8H,5H2,1-4H3. The topological polar surface area (TPSA) is 42.0 Å². The van der Waals surface area contributed by atoms with Crippen LogP contribution in [0.5, 0.6) is 11.5 Å². The van der Waals surface area contributed by atoms with Crippen LogP contribution in [0, 0.1) is 0 Å². The monoisotopic (exact) mass is 384 g/mol. The molecule has 1 heterocycles. The number of amides is 1. The highest BCUT2D eigenvalue weighted by Crippen LogP contribution is 2.35. The van der Waals surface area contributed by atoms with Crippen molar-refractivity contribution in [3.63, 3.8) is 0 Å². The lowest BCUT2D eigenvalue weighted by molar-refractivity contribution is -0.121. The molecule has 1 aliphatic rings. The Kier molecular flexibility index (Phi) is 5.08. The number of hydrogen-bond donors (Lipinski definition) is 0. The summed E-state index contributed by atoms with van der Waals surface area (Å²) in [6, 6.07) is 3.65. The summed E-state index contributed by atoms with van der Waals surface area (Å²) < 4.78 is 11.7. The Morgan fingerprint density at radius 2 is 1.95 bits per heavy atom. The minimum absolute atomic E-state index is 0.132. The van der Waals surface area contributed by atoms with Crippen molar-refractivity contribution < 1.29 is 14.3 Å². The first-order valence-corrected chi connectivity index (χ1v) is 7.88. The first-order chi connectivity index (χ1) is 10.4. The number of nitrogens with zero attached hydrogens (tertiary/aromatic N) is 2. The SMILES string of the molecule is CCOc1cc(Br)c(C=C2C(=O)N(C)C(=S)N2C)cc1OC. The molecule has 0 bridgehead atoms. The van der Waals surface area contributed by atoms with Crippen LogP contribution in [0.4, 0.5) is 0 Å². The van der Waals surface area contributed by atoms with Crippen LogP contribution < -0.4 is 9.47 Å². The van der Waals surface area contributed by atoms with Gasteiger partial charge in [0, 0.05) is 18.6 Å². The molecule has 0 N–H and O–H groups in total. The molecule has 2 rings (SSSR count). The lowest BCUT2D eigenvalue weighted by Crippen LogP contribution is -2.26. The van der Waals surface area contributed by atoms with Gasteiger partial charge in [0.2, 0.25) is 0 Å². The average molecular weight is 385 g/mol. The van der Waals surface area contributed by atoms with Crippen molar-refractivity contribution in [2.45, 2.75) is 6.92 Å². The highest BCUT2D eigenvalue weighted by Gasteiger charge is 2.32. The van der Waals surface area contributed by atoms with E-state index >= 15 is 0 Å². The van der Waals surface area contributed by atoms with Crippen molar-refractivity contribution in [2.75, 3.05) is 27.8 Å². The fraction of sp³-hybridized carbons (Fsp3) is 0.333. The Bertz CT molecular complexity index is 660. The third kappa shape index (κ3) is 2.96. The number of rotatable bonds is 4. The van der Waals surface area contributed by atoms with Gasteiger partial charge in [-0.05, 0) is 42.9 Å². The molecular weight excluding hydrogens is 368 g/mol. The summed E-state index contributed by atoms with van der Waals surface area (Å²) in [5, 5.41) is 0.477. The molecule has 1 fully saturated rings. The van der Waals surface area contributed by atoms with Gasteiger partial charge in [-0.3, -0.25) is 9.69 Å². The zero-order valence-electron chi connectivity index (χ0n) is 12.8. The number of methoxy groups -OCH3 is 1. The Hall–Kier alpha value is -1.60. The van der Waals surface area contributed by atoms with Gasteiger partial charge in [0.05, 0.1) is 13.7 Å². The highest BCUT2D eigenvalue weighted by molar-refractivity contribution is 9.10. The number of ether oxygens (including phenoxy) is 2. The van der Waals surface area contributed by atoms with Gasteiger partial charge < -0.3 is 14.4 Å². The lowest BCUT2D eigenvalue weighted by atomic mass is 10.1. The molecule has 1 amide bonds. The Balaban J connectivity index is 2.47. The van der Waals surface area contributed by atoms with E-state index in [0.717, 1.165) is 10.0 Å². The molecule has 118 valence electrons. The van der Waals surface area contributed by atoms with E-state index in [1.807, 2.05) is 19.1 Å². The Labute approximate surface area is 143 Å². The molecule has 1 saturated heterocycles. The summed E-state index contributed by atoms with van der Waals surface area (Å²) >= 11 is 8.71. The fourth-order valence-corrected chi connectivity index (χ4v) is 2.74. The van der Waals surface area contributed by atoms with Gasteiger partial charge in [0.1, 0.15) is 5.70 Å². The minimum Gasteiger partial charge on any atom is -0.493 e. The summed E-state index contributed by atoms with van der Waals surface area (Å²) in [6.45, 7) is 2.45. The maximum absolute atomic E-state index is 12.2. The zero-order valence-corrected chi connectivity index (χ0v) is 15.2. The molecule has 0 atom stereocenters. The third-order valence-electron chi connectivity index (χ3n) is 3.33. The van der Waals surface area contributed by atoms with E-state index < -0.39 is 0 Å². The second-order valence-electron chi connectivity index (χ2n) is 4.69. The van der Waals surface area contributed by atoms with Crippen molar-refractivity contribution in [3.05, 3.63) is 27.9 Å². The van der Waals surface area contributed by atoms with Gasteiger partial charge in [-0.25, -0.2) is 0 Å². The van der Waals surface area contributed by atoms with E-state index in [4.69, 9.17) is 21.7 Å². The maximum atomic E-state index is 12.2. The van der Waals surface area contributed by atoms with E-state index in [2.05, 4.69) is 15.9 Å². The lowest BCUT2D eigenvalue weighted by Gasteiger charge is -2.13. The fourth-order valence-electron chi connectivity index (χ4n) is 2.13. The van der Waals surface area contributed by atoms with Crippen LogP contribution in [0.25, 0.3) is 6.08 Å². The number of likely N-dealkylation sites (N-methyl/N-ethyl adjacent to an activating group) is 2. The van der Waals surface area contributed by atoms with E-state index in [1.165, 1.54) is 4.90 Å². The van der Waals surface area contributed by atoms with Gasteiger partial charge in [0.25, 0.3) is 5.91 Å². The molecule has 0 radical (unpaired) electrons. The van der Waals surface area contributed by atoms with Crippen LogP contribution in [-0.2, 0) is 4.79 Å². The number of halogens is 1. The Morgan fingerprint density at radius 1 is 1.27 bits per heavy atom. The second kappa shape index (κ2) is 6.66. The molecule has 0 unspecified atom stereocenters. The highest BCUT2D eigenvalue weighted by atomic mass is 79.9. The summed E-state index contributed by atoms with van der Waals surface area (Å²) in [7, 11) is 5.02. The van der Waals surface area contributed by atoms with Crippen molar-refractivity contribution in [2.24, 2.45) is 0 Å². The maximum Gasteiger partial charge on any atom is 0.276 e. The summed E-state index contributed by atoms with van der Waals surface area (Å²) in [5.74, 6) is 1.13. The zero-order chi connectivity index (χ0) is 16.4. The first kappa shape index (κ1) is 16.8. The molecule has 0 spiro atoms. The number of carbonyl (C=O) groups is 1. The molecule has 0 aromatic heterocycles. The summed E-state index contributed by atoms with van der Waals surface area (Å²) in [5.41, 5.74) is 1.33. The van der Waals surface area contributed by atoms with E-state index in [0.29, 0.717) is 28.9 Å². The number of carbonyl (C=O) groups excluding carboxylic acids is 1. The molecular formula is C15H17BrN2O3S. The molecule has 1 aromatic carbocycles. The van der Waals surface area contributed by atoms with E-state index in [-0.39, 0.29) is 5.91 Å². The predicted molar refractivity (Wildman–Crippen MR) is 93.0 cm³/mol. The molecule has 0 saturated carbocycles. The van der Waals surface area contributed by atoms with Gasteiger partial charge in [-0.1, -0.05) is 15.9 Å². The van der Waals surface area contributed by atoms with E-state index in [9.17, 15) is 4.79 Å². The van der Waals surface area contributed by atoms with Gasteiger partial charge in [-0.2, -0.15) is 0 Å². The number of thiocarbonyl (C=S) groups is 1. The van der Waals surface area contributed by atoms with Crippen molar-refractivity contribution in [1.82, 2.24) is 9.80 Å². The van der Waals surface area contributed by atoms with E-state index in [1.54, 1.807) is 32.2 Å². The van der Waals surface area contributed by atoms with Crippen LogP contribution in [0.2, 0.25) is 0 Å². The molecule has 5 nitrogen and oxygen atoms in total. The third-order valence-corrected chi connectivity index (χ3v) is 4.57. The molecule has 0 aliphatic carbocycles. The van der Waals surface area contributed by atoms with Crippen LogP contribution >= 0.6 is 28.1 Å². The van der Waals surface area contributed by atoms with Gasteiger partial charge in [-0.15, -0.1) is 0 Å². The van der Waals surface area contributed by atoms with Crippen LogP contribution in [0.3, 0.4) is 0 Å². The van der Waals surface area contributed by atoms with Crippen molar-refractivity contribution in [1.29, 1.82) is 0 Å². The van der Waals surface area contributed by atoms with Crippen molar-refractivity contribution >= 4 is 45.2 Å². The molecule has 22 heavy (non-hydrogen) atoms. The molecule has 1 aliphatic heterocycles.